The average molecular weight is 345 g/mol. The number of rotatable bonds is 16. The molecule has 0 aliphatic carbocycles. The van der Waals surface area contributed by atoms with Crippen LogP contribution in [0, 0.1) is 13.0 Å². The average Bonchev–Trinajstić information content (AvgIpc) is 2.67. The van der Waals surface area contributed by atoms with Gasteiger partial charge in [0.1, 0.15) is 0 Å². The van der Waals surface area contributed by atoms with E-state index >= 15 is 0 Å². The van der Waals surface area contributed by atoms with Crippen molar-refractivity contribution in [2.45, 2.75) is 116 Å². The van der Waals surface area contributed by atoms with Gasteiger partial charge in [0, 0.05) is 0 Å². The number of unbranched alkanes of at least 4 members (excludes halogenated alkanes) is 16. The molecular weight excluding hydrogens is 300 g/mol. The van der Waals surface area contributed by atoms with Crippen LogP contribution >= 0.6 is 0 Å². The van der Waals surface area contributed by atoms with E-state index in [2.05, 4.69) is 19.9 Å². The molecule has 0 aliphatic heterocycles. The third-order valence-corrected chi connectivity index (χ3v) is 4.71. The molecule has 0 heteroatoms. The van der Waals surface area contributed by atoms with Crippen LogP contribution in [0.4, 0.5) is 0 Å². The highest BCUT2D eigenvalue weighted by atomic mass is 14.0. The number of hydrogen-bond acceptors (Lipinski definition) is 0. The smallest absolute Gasteiger partial charge is 0.0184 e. The Hall–Kier alpha value is -0.780. The van der Waals surface area contributed by atoms with Crippen molar-refractivity contribution in [3.05, 3.63) is 43.3 Å². The first-order valence-corrected chi connectivity index (χ1v) is 11.1. The second-order valence-corrected chi connectivity index (χ2v) is 7.23. The Labute approximate surface area is 159 Å². The summed E-state index contributed by atoms with van der Waals surface area (Å²) in [5, 5.41) is 0. The Bertz CT molecular complexity index is 260. The van der Waals surface area contributed by atoms with Crippen molar-refractivity contribution < 1.29 is 0 Å². The van der Waals surface area contributed by atoms with Crippen molar-refractivity contribution in [2.75, 3.05) is 0 Å². The maximum atomic E-state index is 3.89. The fraction of sp³-hybridized carbons (Fsp3) is 0.720. The van der Waals surface area contributed by atoms with Gasteiger partial charge < -0.3 is 0 Å². The van der Waals surface area contributed by atoms with Crippen LogP contribution in [0.2, 0.25) is 0 Å². The van der Waals surface area contributed by atoms with Gasteiger partial charge in [0.05, 0.1) is 0 Å². The topological polar surface area (TPSA) is 0 Å². The van der Waals surface area contributed by atoms with Gasteiger partial charge in [0.25, 0.3) is 0 Å². The van der Waals surface area contributed by atoms with Crippen molar-refractivity contribution in [1.82, 2.24) is 0 Å². The fourth-order valence-electron chi connectivity index (χ4n) is 3.07. The highest BCUT2D eigenvalue weighted by Gasteiger charge is 1.94. The van der Waals surface area contributed by atoms with Crippen LogP contribution in [-0.4, -0.2) is 0 Å². The van der Waals surface area contributed by atoms with Crippen LogP contribution in [0.5, 0.6) is 0 Å². The van der Waals surface area contributed by atoms with Gasteiger partial charge >= 0.3 is 0 Å². The third kappa shape index (κ3) is 23.2. The quantitative estimate of drug-likeness (QED) is 0.262. The normalized spacial score (nSPS) is 10.3. The van der Waals surface area contributed by atoms with E-state index in [4.69, 9.17) is 0 Å². The van der Waals surface area contributed by atoms with Crippen molar-refractivity contribution in [2.24, 2.45) is 0 Å². The predicted molar refractivity (Wildman–Crippen MR) is 115 cm³/mol. The molecule has 1 aromatic carbocycles. The molecule has 0 aliphatic rings. The molecule has 25 heavy (non-hydrogen) atoms. The fourth-order valence-corrected chi connectivity index (χ4v) is 3.07. The Morgan fingerprint density at radius 1 is 0.520 bits per heavy atom. The molecule has 2 radical (unpaired) electrons. The predicted octanol–water partition coefficient (Wildman–Crippen LogP) is 8.96. The second kappa shape index (κ2) is 23.2. The van der Waals surface area contributed by atoms with Crippen LogP contribution in [0.1, 0.15) is 116 Å². The molecule has 0 nitrogen and oxygen atoms in total. The maximum Gasteiger partial charge on any atom is -0.0184 e. The molecule has 0 aromatic heterocycles. The summed E-state index contributed by atoms with van der Waals surface area (Å²) < 4.78 is 0. The van der Waals surface area contributed by atoms with E-state index in [-0.39, 0.29) is 0 Å². The Morgan fingerprint density at radius 2 is 0.880 bits per heavy atom. The lowest BCUT2D eigenvalue weighted by molar-refractivity contribution is 0.530. The lowest BCUT2D eigenvalue weighted by atomic mass is 10.0. The minimum Gasteiger partial charge on any atom is -0.0654 e. The molecule has 1 rings (SSSR count). The molecule has 0 bridgehead atoms. The maximum absolute atomic E-state index is 3.89. The van der Waals surface area contributed by atoms with Crippen LogP contribution in [-0.2, 0) is 0 Å². The Balaban J connectivity index is 0.000000796. The third-order valence-electron chi connectivity index (χ3n) is 4.71. The first-order chi connectivity index (χ1) is 12.4. The highest BCUT2D eigenvalue weighted by molar-refractivity contribution is 4.97. The molecule has 0 amide bonds. The SMILES string of the molecule is [CH2]CCCCCCCCCCCCCCCCCC.[c]1ccccc1. The van der Waals surface area contributed by atoms with Crippen LogP contribution in [0.25, 0.3) is 0 Å². The zero-order chi connectivity index (χ0) is 18.3. The summed E-state index contributed by atoms with van der Waals surface area (Å²) in [6.45, 7) is 6.18. The zero-order valence-corrected chi connectivity index (χ0v) is 17.1. The van der Waals surface area contributed by atoms with Gasteiger partial charge in [-0.05, 0) is 6.07 Å². The summed E-state index contributed by atoms with van der Waals surface area (Å²) in [5.74, 6) is 0. The van der Waals surface area contributed by atoms with Crippen molar-refractivity contribution >= 4 is 0 Å². The first-order valence-electron chi connectivity index (χ1n) is 11.1. The lowest BCUT2D eigenvalue weighted by Gasteiger charge is -2.03. The highest BCUT2D eigenvalue weighted by Crippen LogP contribution is 2.13. The summed E-state index contributed by atoms with van der Waals surface area (Å²) >= 11 is 0. The minimum atomic E-state index is 1.12. The molecule has 0 heterocycles. The molecule has 0 fully saturated rings. The van der Waals surface area contributed by atoms with Crippen LogP contribution in [0.3, 0.4) is 0 Å². The van der Waals surface area contributed by atoms with Gasteiger partial charge in [-0.15, -0.1) is 0 Å². The van der Waals surface area contributed by atoms with Gasteiger partial charge in [0.15, 0.2) is 0 Å². The van der Waals surface area contributed by atoms with E-state index in [9.17, 15) is 0 Å². The van der Waals surface area contributed by atoms with Gasteiger partial charge in [-0.3, -0.25) is 0 Å². The van der Waals surface area contributed by atoms with Crippen molar-refractivity contribution in [3.8, 4) is 0 Å². The molecule has 0 saturated heterocycles. The van der Waals surface area contributed by atoms with E-state index in [0.717, 1.165) is 6.42 Å². The van der Waals surface area contributed by atoms with Crippen molar-refractivity contribution in [1.29, 1.82) is 0 Å². The summed E-state index contributed by atoms with van der Waals surface area (Å²) in [7, 11) is 0. The molecule has 144 valence electrons. The van der Waals surface area contributed by atoms with E-state index in [0.29, 0.717) is 0 Å². The first kappa shape index (κ1) is 24.2. The molecule has 0 saturated carbocycles. The van der Waals surface area contributed by atoms with Gasteiger partial charge in [-0.2, -0.15) is 0 Å². The Morgan fingerprint density at radius 3 is 1.12 bits per heavy atom. The van der Waals surface area contributed by atoms with Crippen LogP contribution in [0.15, 0.2) is 30.3 Å². The summed E-state index contributed by atoms with van der Waals surface area (Å²) in [6, 6.07) is 12.5. The zero-order valence-electron chi connectivity index (χ0n) is 17.1. The molecule has 1 aromatic rings. The summed E-state index contributed by atoms with van der Waals surface area (Å²) in [5.41, 5.74) is 0. The molecule has 0 N–H and O–H groups in total. The molecule has 0 spiro atoms. The van der Waals surface area contributed by atoms with Gasteiger partial charge in [0.2, 0.25) is 0 Å². The second-order valence-electron chi connectivity index (χ2n) is 7.23. The van der Waals surface area contributed by atoms with Gasteiger partial charge in [-0.25, -0.2) is 0 Å². The van der Waals surface area contributed by atoms with E-state index in [1.807, 2.05) is 30.3 Å². The van der Waals surface area contributed by atoms with Crippen LogP contribution < -0.4 is 0 Å². The van der Waals surface area contributed by atoms with E-state index in [1.165, 1.54) is 103 Å². The monoisotopic (exact) mass is 344 g/mol. The number of benzene rings is 1. The van der Waals surface area contributed by atoms with E-state index < -0.39 is 0 Å². The van der Waals surface area contributed by atoms with Crippen molar-refractivity contribution in [3.63, 3.8) is 0 Å². The van der Waals surface area contributed by atoms with Gasteiger partial charge in [-0.1, -0.05) is 153 Å². The molecule has 0 unspecified atom stereocenters. The number of hydrogen-bond donors (Lipinski definition) is 0. The molecular formula is C25H44. The standard InChI is InChI=1S/C19H39.C6H5/c1-3-5-7-9-11-13-15-17-19-18-16-14-12-10-8-6-4-2;1-2-4-6-5-3-1/h1,3-19H2,2H3;1-5H. The Kier molecular flexibility index (Phi) is 22.5. The summed E-state index contributed by atoms with van der Waals surface area (Å²) in [4.78, 5) is 0. The summed E-state index contributed by atoms with van der Waals surface area (Å²) in [6.07, 6.45) is 24.3. The largest absolute Gasteiger partial charge is 0.0654 e. The molecule has 0 atom stereocenters. The minimum absolute atomic E-state index is 1.12. The van der Waals surface area contributed by atoms with E-state index in [1.54, 1.807) is 0 Å². The lowest BCUT2D eigenvalue weighted by Crippen LogP contribution is -1.83.